The first-order valence-electron chi connectivity index (χ1n) is 8.54. The first kappa shape index (κ1) is 22.4. The lowest BCUT2D eigenvalue weighted by molar-refractivity contribution is -0.127. The van der Waals surface area contributed by atoms with E-state index in [2.05, 4.69) is 40.8 Å². The van der Waals surface area contributed by atoms with Gasteiger partial charge in [-0.2, -0.15) is 0 Å². The van der Waals surface area contributed by atoms with E-state index in [1.807, 2.05) is 12.1 Å². The summed E-state index contributed by atoms with van der Waals surface area (Å²) in [6.45, 7) is 8.61. The van der Waals surface area contributed by atoms with Crippen molar-refractivity contribution >= 4 is 35.8 Å². The lowest BCUT2D eigenvalue weighted by Gasteiger charge is -2.35. The van der Waals surface area contributed by atoms with Crippen LogP contribution in [0.3, 0.4) is 0 Å². The van der Waals surface area contributed by atoms with Crippen LogP contribution in [0.2, 0.25) is 0 Å². The number of carbonyl (C=O) groups excluding carboxylic acids is 1. The number of aryl methyl sites for hydroxylation is 1. The minimum absolute atomic E-state index is 0. The largest absolute Gasteiger partial charge is 0.370 e. The van der Waals surface area contributed by atoms with E-state index in [0.717, 1.165) is 12.5 Å². The van der Waals surface area contributed by atoms with Gasteiger partial charge in [-0.15, -0.1) is 30.6 Å². The molecule has 6 nitrogen and oxygen atoms in total. The second-order valence-electron chi connectivity index (χ2n) is 6.26. The summed E-state index contributed by atoms with van der Waals surface area (Å²) in [5, 5.41) is 3.25. The monoisotopic (exact) mass is 472 g/mol. The van der Waals surface area contributed by atoms with E-state index in [0.29, 0.717) is 19.7 Å². The molecule has 144 valence electrons. The molecule has 1 N–H and O–H groups in total. The van der Waals surface area contributed by atoms with Crippen LogP contribution in [0.1, 0.15) is 17.2 Å². The Balaban J connectivity index is 0.00000338. The van der Waals surface area contributed by atoms with Crippen molar-refractivity contribution in [2.45, 2.75) is 13.0 Å². The fourth-order valence-electron chi connectivity index (χ4n) is 2.69. The van der Waals surface area contributed by atoms with Gasteiger partial charge in [0.1, 0.15) is 12.6 Å². The molecule has 1 aliphatic rings. The summed E-state index contributed by atoms with van der Waals surface area (Å²) < 4.78 is 5.97. The van der Waals surface area contributed by atoms with Crippen molar-refractivity contribution in [1.29, 1.82) is 0 Å². The maximum Gasteiger partial charge on any atom is 0.243 e. The molecule has 1 fully saturated rings. The maximum atomic E-state index is 11.9. The molecular weight excluding hydrogens is 443 g/mol. The molecule has 1 aromatic rings. The van der Waals surface area contributed by atoms with Crippen LogP contribution in [0.25, 0.3) is 0 Å². The molecular formula is C19H29IN4O2. The van der Waals surface area contributed by atoms with Crippen molar-refractivity contribution in [3.63, 3.8) is 0 Å². The molecule has 26 heavy (non-hydrogen) atoms. The Kier molecular flexibility index (Phi) is 9.64. The third-order valence-electron chi connectivity index (χ3n) is 4.17. The summed E-state index contributed by atoms with van der Waals surface area (Å²) in [6, 6.07) is 8.27. The number of amides is 1. The fourth-order valence-corrected chi connectivity index (χ4v) is 2.69. The Morgan fingerprint density at radius 1 is 1.46 bits per heavy atom. The number of nitrogens with one attached hydrogen (secondary N) is 1. The Morgan fingerprint density at radius 3 is 2.85 bits per heavy atom. The fraction of sp³-hybridized carbons (Fsp3) is 0.474. The van der Waals surface area contributed by atoms with Crippen LogP contribution in [0.15, 0.2) is 41.9 Å². The molecule has 1 heterocycles. The van der Waals surface area contributed by atoms with Gasteiger partial charge in [0.15, 0.2) is 5.96 Å². The van der Waals surface area contributed by atoms with Gasteiger partial charge >= 0.3 is 0 Å². The topological polar surface area (TPSA) is 57.2 Å². The lowest BCUT2D eigenvalue weighted by Crippen LogP contribution is -2.48. The number of carbonyl (C=O) groups is 1. The number of rotatable bonds is 5. The van der Waals surface area contributed by atoms with Crippen molar-refractivity contribution in [2.75, 3.05) is 46.9 Å². The first-order chi connectivity index (χ1) is 12.0. The molecule has 0 aliphatic carbocycles. The van der Waals surface area contributed by atoms with Crippen molar-refractivity contribution < 1.29 is 9.53 Å². The Bertz CT molecular complexity index is 634. The smallest absolute Gasteiger partial charge is 0.243 e. The highest BCUT2D eigenvalue weighted by molar-refractivity contribution is 14.0. The second kappa shape index (κ2) is 11.2. The summed E-state index contributed by atoms with van der Waals surface area (Å²) in [5.41, 5.74) is 2.41. The summed E-state index contributed by atoms with van der Waals surface area (Å²) in [4.78, 5) is 20.0. The minimum Gasteiger partial charge on any atom is -0.370 e. The average molecular weight is 472 g/mol. The molecule has 7 heteroatoms. The molecule has 2 rings (SSSR count). The molecule has 1 saturated heterocycles. The van der Waals surface area contributed by atoms with E-state index in [4.69, 9.17) is 4.74 Å². The van der Waals surface area contributed by atoms with Gasteiger partial charge in [-0.05, 0) is 18.1 Å². The molecule has 1 aromatic carbocycles. The highest BCUT2D eigenvalue weighted by Crippen LogP contribution is 2.24. The number of benzene rings is 1. The van der Waals surface area contributed by atoms with E-state index < -0.39 is 0 Å². The van der Waals surface area contributed by atoms with Crippen LogP contribution >= 0.6 is 24.0 Å². The van der Waals surface area contributed by atoms with Crippen molar-refractivity contribution in [3.05, 3.63) is 48.0 Å². The van der Waals surface area contributed by atoms with E-state index in [9.17, 15) is 4.79 Å². The summed E-state index contributed by atoms with van der Waals surface area (Å²) >= 11 is 0. The van der Waals surface area contributed by atoms with Gasteiger partial charge in [-0.1, -0.05) is 30.3 Å². The first-order valence-corrected chi connectivity index (χ1v) is 8.54. The number of guanidine groups is 1. The van der Waals surface area contributed by atoms with Crippen molar-refractivity contribution in [3.8, 4) is 0 Å². The summed E-state index contributed by atoms with van der Waals surface area (Å²) in [6.07, 6.45) is 1.78. The molecule has 0 spiro atoms. The van der Waals surface area contributed by atoms with Crippen LogP contribution in [0, 0.1) is 6.92 Å². The number of likely N-dealkylation sites (N-methyl/N-ethyl adjacent to an activating group) is 1. The Morgan fingerprint density at radius 2 is 2.19 bits per heavy atom. The second-order valence-corrected chi connectivity index (χ2v) is 6.26. The van der Waals surface area contributed by atoms with Gasteiger partial charge in [0, 0.05) is 27.2 Å². The summed E-state index contributed by atoms with van der Waals surface area (Å²) in [5.74, 6) is 0.693. The molecule has 0 bridgehead atoms. The van der Waals surface area contributed by atoms with Crippen molar-refractivity contribution in [1.82, 2.24) is 15.1 Å². The Hall–Kier alpha value is -1.61. The molecule has 0 aromatic heterocycles. The van der Waals surface area contributed by atoms with Crippen LogP contribution in [0.4, 0.5) is 0 Å². The van der Waals surface area contributed by atoms with Gasteiger partial charge in [-0.25, -0.2) is 4.99 Å². The third kappa shape index (κ3) is 6.28. The van der Waals surface area contributed by atoms with E-state index in [1.165, 1.54) is 11.1 Å². The molecule has 1 amide bonds. The van der Waals surface area contributed by atoms with Crippen LogP contribution in [-0.4, -0.2) is 68.5 Å². The number of aliphatic imine (C=N–C) groups is 1. The van der Waals surface area contributed by atoms with Gasteiger partial charge in [0.25, 0.3) is 0 Å². The minimum atomic E-state index is -0.0263. The Labute approximate surface area is 173 Å². The number of morpholine rings is 1. The normalized spacial score (nSPS) is 17.3. The highest BCUT2D eigenvalue weighted by atomic mass is 127. The quantitative estimate of drug-likeness (QED) is 0.309. The van der Waals surface area contributed by atoms with E-state index >= 15 is 0 Å². The SMILES string of the molecule is C=CCNC(=NCC(=O)N(C)C)N1CCOC(c2ccccc2C)C1.I. The number of hydrogen-bond acceptors (Lipinski definition) is 3. The number of halogens is 1. The lowest BCUT2D eigenvalue weighted by atomic mass is 10.0. The predicted octanol–water partition coefficient (Wildman–Crippen LogP) is 2.21. The zero-order valence-electron chi connectivity index (χ0n) is 15.8. The van der Waals surface area contributed by atoms with Crippen LogP contribution in [0.5, 0.6) is 0 Å². The van der Waals surface area contributed by atoms with Gasteiger partial charge < -0.3 is 19.9 Å². The zero-order chi connectivity index (χ0) is 18.2. The molecule has 0 radical (unpaired) electrons. The van der Waals surface area contributed by atoms with Gasteiger partial charge in [0.05, 0.1) is 13.2 Å². The molecule has 1 aliphatic heterocycles. The highest BCUT2D eigenvalue weighted by Gasteiger charge is 2.25. The zero-order valence-corrected chi connectivity index (χ0v) is 18.1. The summed E-state index contributed by atoms with van der Waals surface area (Å²) in [7, 11) is 3.47. The maximum absolute atomic E-state index is 11.9. The molecule has 0 saturated carbocycles. The van der Waals surface area contributed by atoms with E-state index in [1.54, 1.807) is 25.1 Å². The predicted molar refractivity (Wildman–Crippen MR) is 116 cm³/mol. The van der Waals surface area contributed by atoms with Crippen LogP contribution in [-0.2, 0) is 9.53 Å². The number of hydrogen-bond donors (Lipinski definition) is 1. The standard InChI is InChI=1S/C19H28N4O2.HI/c1-5-10-20-19(21-13-18(24)22(3)4)23-11-12-25-17(14-23)16-9-7-6-8-15(16)2;/h5-9,17H,1,10-14H2,2-4H3,(H,20,21);1H. The average Bonchev–Trinajstić information content (AvgIpc) is 2.62. The number of nitrogens with zero attached hydrogens (tertiary/aromatic N) is 3. The third-order valence-corrected chi connectivity index (χ3v) is 4.17. The van der Waals surface area contributed by atoms with Gasteiger partial charge in [-0.3, -0.25) is 4.79 Å². The number of ether oxygens (including phenoxy) is 1. The molecule has 1 unspecified atom stereocenters. The van der Waals surface area contributed by atoms with E-state index in [-0.39, 0.29) is 42.5 Å². The van der Waals surface area contributed by atoms with Gasteiger partial charge in [0.2, 0.25) is 5.91 Å². The van der Waals surface area contributed by atoms with Crippen molar-refractivity contribution in [2.24, 2.45) is 4.99 Å². The molecule has 1 atom stereocenters. The van der Waals surface area contributed by atoms with Crippen LogP contribution < -0.4 is 5.32 Å².